The summed E-state index contributed by atoms with van der Waals surface area (Å²) in [5, 5.41) is 4.89. The number of rotatable bonds is 5. The van der Waals surface area contributed by atoms with Gasteiger partial charge in [0.2, 0.25) is 0 Å². The molecule has 0 saturated carbocycles. The van der Waals surface area contributed by atoms with Crippen LogP contribution in [-0.4, -0.2) is 42.6 Å². The van der Waals surface area contributed by atoms with Crippen molar-refractivity contribution >= 4 is 17.2 Å². The molecule has 146 valence electrons. The number of thiazole rings is 1. The van der Waals surface area contributed by atoms with Crippen LogP contribution < -0.4 is 0 Å². The largest absolute Gasteiger partial charge is 0.334 e. The highest BCUT2D eigenvalue weighted by molar-refractivity contribution is 7.17. The molecular weight excluding hydrogens is 384 g/mol. The van der Waals surface area contributed by atoms with Crippen molar-refractivity contribution in [2.24, 2.45) is 0 Å². The fourth-order valence-electron chi connectivity index (χ4n) is 3.00. The first-order valence-corrected chi connectivity index (χ1v) is 9.97. The normalized spacial score (nSPS) is 12.0. The number of aromatic nitrogens is 5. The number of carbonyl (C=O) groups is 1. The number of hydrogen-bond acceptors (Lipinski definition) is 6. The Kier molecular flexibility index (Phi) is 5.18. The molecule has 4 aromatic rings. The monoisotopic (exact) mass is 404 g/mol. The van der Waals surface area contributed by atoms with Crippen molar-refractivity contribution in [1.29, 1.82) is 0 Å². The van der Waals surface area contributed by atoms with Gasteiger partial charge in [0.1, 0.15) is 22.5 Å². The zero-order valence-electron chi connectivity index (χ0n) is 16.4. The van der Waals surface area contributed by atoms with Gasteiger partial charge in [-0.1, -0.05) is 18.2 Å². The van der Waals surface area contributed by atoms with Crippen molar-refractivity contribution in [3.63, 3.8) is 0 Å². The molecule has 1 amide bonds. The lowest BCUT2D eigenvalue weighted by Gasteiger charge is -2.25. The van der Waals surface area contributed by atoms with E-state index in [1.54, 1.807) is 22.1 Å². The second-order valence-corrected chi connectivity index (χ2v) is 7.67. The van der Waals surface area contributed by atoms with E-state index in [0.717, 1.165) is 27.6 Å². The van der Waals surface area contributed by atoms with E-state index in [4.69, 9.17) is 0 Å². The van der Waals surface area contributed by atoms with Gasteiger partial charge < -0.3 is 4.90 Å². The first-order chi connectivity index (χ1) is 14.0. The predicted molar refractivity (Wildman–Crippen MR) is 112 cm³/mol. The Labute approximate surface area is 172 Å². The Hall–Kier alpha value is -3.39. The lowest BCUT2D eigenvalue weighted by atomic mass is 10.1. The lowest BCUT2D eigenvalue weighted by molar-refractivity contribution is 0.0746. The molecule has 0 saturated heterocycles. The molecule has 3 aromatic heterocycles. The van der Waals surface area contributed by atoms with E-state index in [1.807, 2.05) is 63.4 Å². The maximum Gasteiger partial charge on any atom is 0.266 e. The number of nitrogens with zero attached hydrogens (tertiary/aromatic N) is 6. The molecule has 3 heterocycles. The van der Waals surface area contributed by atoms with Gasteiger partial charge in [0.15, 0.2) is 0 Å². The summed E-state index contributed by atoms with van der Waals surface area (Å²) in [4.78, 5) is 28.4. The number of aryl methyl sites for hydroxylation is 1. The Bertz CT molecular complexity index is 1110. The fraction of sp³-hybridized carbons (Fsp3) is 0.190. The van der Waals surface area contributed by atoms with E-state index in [2.05, 4.69) is 20.1 Å². The van der Waals surface area contributed by atoms with Crippen LogP contribution in [0.2, 0.25) is 0 Å². The Morgan fingerprint density at radius 1 is 1.17 bits per heavy atom. The molecule has 0 N–H and O–H groups in total. The highest BCUT2D eigenvalue weighted by atomic mass is 32.1. The molecule has 0 aliphatic rings. The summed E-state index contributed by atoms with van der Waals surface area (Å²) in [5.74, 6) is -0.0463. The van der Waals surface area contributed by atoms with Gasteiger partial charge in [0.05, 0.1) is 23.1 Å². The van der Waals surface area contributed by atoms with E-state index < -0.39 is 0 Å². The summed E-state index contributed by atoms with van der Waals surface area (Å²) in [6.45, 7) is 3.87. The molecule has 0 radical (unpaired) electrons. The quantitative estimate of drug-likeness (QED) is 0.504. The minimum absolute atomic E-state index is 0.0463. The molecule has 1 atom stereocenters. The molecule has 4 rings (SSSR count). The van der Waals surface area contributed by atoms with Gasteiger partial charge in [-0.3, -0.25) is 9.78 Å². The van der Waals surface area contributed by atoms with Gasteiger partial charge in [-0.05, 0) is 43.7 Å². The summed E-state index contributed by atoms with van der Waals surface area (Å²) in [7, 11) is 1.82. The SMILES string of the molecule is Cc1nc(-c2ccccn2)sc1C(=O)N(C)C(C)c1ccc(-n2cncn2)cc1. The Morgan fingerprint density at radius 2 is 1.97 bits per heavy atom. The zero-order chi connectivity index (χ0) is 20.4. The third kappa shape index (κ3) is 3.79. The third-order valence-electron chi connectivity index (χ3n) is 4.83. The second kappa shape index (κ2) is 7.92. The summed E-state index contributed by atoms with van der Waals surface area (Å²) >= 11 is 1.38. The molecule has 1 unspecified atom stereocenters. The van der Waals surface area contributed by atoms with Crippen molar-refractivity contribution in [1.82, 2.24) is 29.6 Å². The topological polar surface area (TPSA) is 76.8 Å². The smallest absolute Gasteiger partial charge is 0.266 e. The molecule has 1 aromatic carbocycles. The van der Waals surface area contributed by atoms with E-state index >= 15 is 0 Å². The molecule has 0 spiro atoms. The first-order valence-electron chi connectivity index (χ1n) is 9.15. The number of amides is 1. The van der Waals surface area contributed by atoms with Crippen molar-refractivity contribution in [2.45, 2.75) is 19.9 Å². The number of carbonyl (C=O) groups excluding carboxylic acids is 1. The molecule has 0 aliphatic carbocycles. The lowest BCUT2D eigenvalue weighted by Crippen LogP contribution is -2.29. The molecule has 8 heteroatoms. The standard InChI is InChI=1S/C21H20N6OS/c1-14-19(29-20(25-14)18-6-4-5-11-23-18)21(28)26(3)15(2)16-7-9-17(10-8-16)27-13-22-12-24-27/h4-13,15H,1-3H3. The van der Waals surface area contributed by atoms with Crippen LogP contribution in [0.1, 0.15) is 33.9 Å². The Morgan fingerprint density at radius 3 is 2.62 bits per heavy atom. The fourth-order valence-corrected chi connectivity index (χ4v) is 4.03. The highest BCUT2D eigenvalue weighted by Crippen LogP contribution is 2.29. The van der Waals surface area contributed by atoms with Crippen molar-refractivity contribution in [3.8, 4) is 16.4 Å². The van der Waals surface area contributed by atoms with E-state index in [0.29, 0.717) is 4.88 Å². The van der Waals surface area contributed by atoms with Crippen molar-refractivity contribution in [2.75, 3.05) is 7.05 Å². The number of benzene rings is 1. The first kappa shape index (κ1) is 18.9. The highest BCUT2D eigenvalue weighted by Gasteiger charge is 2.24. The molecule has 0 aliphatic heterocycles. The van der Waals surface area contributed by atoms with Crippen LogP contribution in [0.25, 0.3) is 16.4 Å². The summed E-state index contributed by atoms with van der Waals surface area (Å²) < 4.78 is 1.70. The van der Waals surface area contributed by atoms with Gasteiger partial charge in [-0.25, -0.2) is 14.6 Å². The van der Waals surface area contributed by atoms with Crippen LogP contribution in [0.3, 0.4) is 0 Å². The van der Waals surface area contributed by atoms with Crippen LogP contribution in [-0.2, 0) is 0 Å². The van der Waals surface area contributed by atoms with Crippen molar-refractivity contribution < 1.29 is 4.79 Å². The number of pyridine rings is 1. The Balaban J connectivity index is 1.54. The van der Waals surface area contributed by atoms with Gasteiger partial charge in [-0.15, -0.1) is 11.3 Å². The average molecular weight is 404 g/mol. The summed E-state index contributed by atoms with van der Waals surface area (Å²) in [5.41, 5.74) is 3.46. The van der Waals surface area contributed by atoms with Crippen LogP contribution in [0.4, 0.5) is 0 Å². The van der Waals surface area contributed by atoms with E-state index in [-0.39, 0.29) is 11.9 Å². The maximum absolute atomic E-state index is 13.1. The van der Waals surface area contributed by atoms with Gasteiger partial charge in [-0.2, -0.15) is 5.10 Å². The van der Waals surface area contributed by atoms with Crippen LogP contribution in [0.15, 0.2) is 61.3 Å². The number of hydrogen-bond donors (Lipinski definition) is 0. The maximum atomic E-state index is 13.1. The molecule has 0 fully saturated rings. The van der Waals surface area contributed by atoms with E-state index in [9.17, 15) is 4.79 Å². The summed E-state index contributed by atoms with van der Waals surface area (Å²) in [6, 6.07) is 13.5. The molecular formula is C21H20N6OS. The minimum atomic E-state index is -0.0907. The molecule has 0 bridgehead atoms. The van der Waals surface area contributed by atoms with E-state index in [1.165, 1.54) is 17.7 Å². The predicted octanol–water partition coefficient (Wildman–Crippen LogP) is 3.93. The van der Waals surface area contributed by atoms with Crippen LogP contribution >= 0.6 is 11.3 Å². The minimum Gasteiger partial charge on any atom is -0.334 e. The average Bonchev–Trinajstić information content (AvgIpc) is 3.43. The van der Waals surface area contributed by atoms with Gasteiger partial charge >= 0.3 is 0 Å². The van der Waals surface area contributed by atoms with Crippen LogP contribution in [0.5, 0.6) is 0 Å². The van der Waals surface area contributed by atoms with Gasteiger partial charge in [0.25, 0.3) is 5.91 Å². The third-order valence-corrected chi connectivity index (χ3v) is 6.00. The van der Waals surface area contributed by atoms with Gasteiger partial charge in [0, 0.05) is 13.2 Å². The second-order valence-electron chi connectivity index (χ2n) is 6.67. The van der Waals surface area contributed by atoms with Crippen molar-refractivity contribution in [3.05, 3.63) is 77.5 Å². The molecule has 7 nitrogen and oxygen atoms in total. The van der Waals surface area contributed by atoms with Crippen LogP contribution in [0, 0.1) is 6.92 Å². The molecule has 29 heavy (non-hydrogen) atoms. The summed E-state index contributed by atoms with van der Waals surface area (Å²) in [6.07, 6.45) is 4.88. The zero-order valence-corrected chi connectivity index (χ0v) is 17.2.